The molecule has 2 bridgehead atoms. The Morgan fingerprint density at radius 3 is 1.64 bits per heavy atom. The van der Waals surface area contributed by atoms with Crippen molar-refractivity contribution in [1.29, 1.82) is 0 Å². The maximum Gasteiger partial charge on any atom is 0.338 e. The topological polar surface area (TPSA) is 63.7 Å². The second-order valence-electron chi connectivity index (χ2n) is 8.96. The van der Waals surface area contributed by atoms with Crippen LogP contribution >= 0.6 is 0 Å². The van der Waals surface area contributed by atoms with Crippen molar-refractivity contribution in [3.63, 3.8) is 0 Å². The molecule has 0 spiro atoms. The highest BCUT2D eigenvalue weighted by atomic mass is 16.5. The summed E-state index contributed by atoms with van der Waals surface area (Å²) in [5, 5.41) is 0. The molecule has 1 fully saturated rings. The van der Waals surface area contributed by atoms with Crippen LogP contribution < -0.4 is 4.90 Å². The smallest absolute Gasteiger partial charge is 0.338 e. The van der Waals surface area contributed by atoms with Crippen LogP contribution in [-0.4, -0.2) is 24.4 Å². The number of esters is 1. The van der Waals surface area contributed by atoms with Gasteiger partial charge in [0.1, 0.15) is 0 Å². The van der Waals surface area contributed by atoms with E-state index in [0.29, 0.717) is 17.9 Å². The zero-order valence-corrected chi connectivity index (χ0v) is 18.2. The minimum Gasteiger partial charge on any atom is -0.462 e. The van der Waals surface area contributed by atoms with E-state index in [1.54, 1.807) is 24.3 Å². The molecule has 2 amide bonds. The van der Waals surface area contributed by atoms with Gasteiger partial charge in [-0.15, -0.1) is 0 Å². The van der Waals surface area contributed by atoms with E-state index in [0.717, 1.165) is 28.7 Å². The standard InChI is InChI=1S/C28H23NO4/c1-2-15-33-28(32)16-11-13-17(14-12-16)29-26(30)24-22-18-7-3-4-8-19(18)23(25(24)27(29)31)21-10-6-5-9-20(21)22/h3-14,22-25H,2,15H2,1H3/t22?,23?,24-,25-/m1/s1. The second kappa shape index (κ2) is 7.41. The van der Waals surface area contributed by atoms with Crippen molar-refractivity contribution in [1.82, 2.24) is 0 Å². The van der Waals surface area contributed by atoms with E-state index in [4.69, 9.17) is 4.74 Å². The number of nitrogens with zero attached hydrogens (tertiary/aromatic N) is 1. The molecule has 33 heavy (non-hydrogen) atoms. The summed E-state index contributed by atoms with van der Waals surface area (Å²) in [7, 11) is 0. The number of carbonyl (C=O) groups excluding carboxylic acids is 3. The van der Waals surface area contributed by atoms with Crippen LogP contribution in [0, 0.1) is 11.8 Å². The Bertz CT molecular complexity index is 1180. The number of hydrogen-bond donors (Lipinski definition) is 0. The Morgan fingerprint density at radius 2 is 1.21 bits per heavy atom. The lowest BCUT2D eigenvalue weighted by atomic mass is 9.55. The molecular formula is C28H23NO4. The van der Waals surface area contributed by atoms with E-state index >= 15 is 0 Å². The van der Waals surface area contributed by atoms with Crippen LogP contribution in [0.4, 0.5) is 5.69 Å². The number of benzene rings is 3. The zero-order valence-electron chi connectivity index (χ0n) is 18.2. The molecule has 3 aromatic carbocycles. The SMILES string of the molecule is CCCOC(=O)c1ccc(N2C(=O)[C@@H]3C4c5ccccc5C(c5ccccc54)[C@H]3C2=O)cc1. The van der Waals surface area contributed by atoms with Crippen molar-refractivity contribution in [2.45, 2.75) is 25.2 Å². The Morgan fingerprint density at radius 1 is 0.758 bits per heavy atom. The van der Waals surface area contributed by atoms with Gasteiger partial charge in [0.05, 0.1) is 29.7 Å². The molecule has 0 aromatic heterocycles. The third-order valence-corrected chi connectivity index (χ3v) is 7.25. The van der Waals surface area contributed by atoms with E-state index in [1.165, 1.54) is 4.90 Å². The van der Waals surface area contributed by atoms with Gasteiger partial charge in [-0.2, -0.15) is 0 Å². The Balaban J connectivity index is 1.40. The lowest BCUT2D eigenvalue weighted by Crippen LogP contribution is -2.41. The van der Waals surface area contributed by atoms with Crippen molar-refractivity contribution in [2.24, 2.45) is 11.8 Å². The normalized spacial score (nSPS) is 24.3. The number of hydrogen-bond acceptors (Lipinski definition) is 4. The molecule has 0 saturated carbocycles. The third-order valence-electron chi connectivity index (χ3n) is 7.25. The van der Waals surface area contributed by atoms with Crippen LogP contribution in [0.15, 0.2) is 72.8 Å². The Hall–Kier alpha value is -3.73. The van der Waals surface area contributed by atoms with Crippen LogP contribution in [0.3, 0.4) is 0 Å². The van der Waals surface area contributed by atoms with Gasteiger partial charge >= 0.3 is 5.97 Å². The minimum absolute atomic E-state index is 0.128. The molecular weight excluding hydrogens is 414 g/mol. The molecule has 2 atom stereocenters. The first-order chi connectivity index (χ1) is 16.1. The van der Waals surface area contributed by atoms with Crippen molar-refractivity contribution >= 4 is 23.5 Å². The maximum absolute atomic E-state index is 13.7. The van der Waals surface area contributed by atoms with Crippen LogP contribution in [0.2, 0.25) is 0 Å². The molecule has 3 aliphatic carbocycles. The second-order valence-corrected chi connectivity index (χ2v) is 8.96. The number of ether oxygens (including phenoxy) is 1. The average molecular weight is 437 g/mol. The lowest BCUT2D eigenvalue weighted by molar-refractivity contribution is -0.122. The predicted octanol–water partition coefficient (Wildman–Crippen LogP) is 4.65. The van der Waals surface area contributed by atoms with Crippen molar-refractivity contribution in [3.05, 3.63) is 101 Å². The highest BCUT2D eigenvalue weighted by Gasteiger charge is 2.61. The quantitative estimate of drug-likeness (QED) is 0.440. The molecule has 5 nitrogen and oxygen atoms in total. The van der Waals surface area contributed by atoms with E-state index < -0.39 is 17.8 Å². The van der Waals surface area contributed by atoms with Crippen molar-refractivity contribution in [2.75, 3.05) is 11.5 Å². The first-order valence-electron chi connectivity index (χ1n) is 11.4. The summed E-state index contributed by atoms with van der Waals surface area (Å²) >= 11 is 0. The Labute approximate surface area is 192 Å². The third kappa shape index (κ3) is 2.75. The van der Waals surface area contributed by atoms with Crippen LogP contribution in [0.1, 0.15) is 57.8 Å². The fourth-order valence-electron chi connectivity index (χ4n) is 5.96. The van der Waals surface area contributed by atoms with Crippen molar-refractivity contribution in [3.8, 4) is 0 Å². The molecule has 4 aliphatic rings. The van der Waals surface area contributed by atoms with Gasteiger partial charge in [0.15, 0.2) is 0 Å². The van der Waals surface area contributed by atoms with Gasteiger partial charge in [0.2, 0.25) is 11.8 Å². The zero-order chi connectivity index (χ0) is 22.7. The molecule has 3 aromatic rings. The maximum atomic E-state index is 13.7. The van der Waals surface area contributed by atoms with E-state index in [2.05, 4.69) is 24.3 Å². The molecule has 0 radical (unpaired) electrons. The summed E-state index contributed by atoms with van der Waals surface area (Å²) in [5.41, 5.74) is 5.51. The fraction of sp³-hybridized carbons (Fsp3) is 0.250. The molecule has 0 N–H and O–H groups in total. The van der Waals surface area contributed by atoms with Gasteiger partial charge in [-0.25, -0.2) is 9.69 Å². The van der Waals surface area contributed by atoms with Gasteiger partial charge in [0.25, 0.3) is 0 Å². The molecule has 1 saturated heterocycles. The van der Waals surface area contributed by atoms with E-state index in [1.807, 2.05) is 31.2 Å². The summed E-state index contributed by atoms with van der Waals surface area (Å²) in [5.74, 6) is -1.81. The molecule has 0 unspecified atom stereocenters. The average Bonchev–Trinajstić information content (AvgIpc) is 3.13. The number of amides is 2. The van der Waals surface area contributed by atoms with Crippen LogP contribution in [0.5, 0.6) is 0 Å². The number of imide groups is 1. The molecule has 1 heterocycles. The summed E-state index contributed by atoms with van der Waals surface area (Å²) in [6.07, 6.45) is 0.747. The van der Waals surface area contributed by atoms with Gasteiger partial charge in [-0.3, -0.25) is 9.59 Å². The summed E-state index contributed by atoms with van der Waals surface area (Å²) in [6, 6.07) is 23.0. The van der Waals surface area contributed by atoms with Gasteiger partial charge < -0.3 is 4.74 Å². The van der Waals surface area contributed by atoms with Gasteiger partial charge in [-0.1, -0.05) is 55.5 Å². The highest BCUT2D eigenvalue weighted by molar-refractivity contribution is 6.23. The van der Waals surface area contributed by atoms with Gasteiger partial charge in [0, 0.05) is 11.8 Å². The van der Waals surface area contributed by atoms with Gasteiger partial charge in [-0.05, 0) is 52.9 Å². The highest BCUT2D eigenvalue weighted by Crippen LogP contribution is 2.61. The summed E-state index contributed by atoms with van der Waals surface area (Å²) < 4.78 is 5.18. The molecule has 5 heteroatoms. The van der Waals surface area contributed by atoms with E-state index in [-0.39, 0.29) is 23.7 Å². The number of anilines is 1. The Kier molecular flexibility index (Phi) is 4.47. The van der Waals surface area contributed by atoms with Crippen LogP contribution in [0.25, 0.3) is 0 Å². The first kappa shape index (κ1) is 19.9. The number of carbonyl (C=O) groups is 3. The monoisotopic (exact) mass is 437 g/mol. The fourth-order valence-corrected chi connectivity index (χ4v) is 5.96. The number of rotatable bonds is 4. The predicted molar refractivity (Wildman–Crippen MR) is 123 cm³/mol. The molecule has 1 aliphatic heterocycles. The lowest BCUT2D eigenvalue weighted by Gasteiger charge is -2.45. The summed E-state index contributed by atoms with van der Waals surface area (Å²) in [4.78, 5) is 40.9. The van der Waals surface area contributed by atoms with Crippen molar-refractivity contribution < 1.29 is 19.1 Å². The minimum atomic E-state index is -0.415. The molecule has 164 valence electrons. The molecule has 7 rings (SSSR count). The summed E-state index contributed by atoms with van der Waals surface area (Å²) in [6.45, 7) is 2.29. The van der Waals surface area contributed by atoms with Crippen LogP contribution in [-0.2, 0) is 14.3 Å². The van der Waals surface area contributed by atoms with E-state index in [9.17, 15) is 14.4 Å². The first-order valence-corrected chi connectivity index (χ1v) is 11.4. The largest absolute Gasteiger partial charge is 0.462 e.